The van der Waals surface area contributed by atoms with Gasteiger partial charge in [0, 0.05) is 15.5 Å². The van der Waals surface area contributed by atoms with E-state index in [1.54, 1.807) is 0 Å². The van der Waals surface area contributed by atoms with Gasteiger partial charge in [-0.1, -0.05) is 27.5 Å². The van der Waals surface area contributed by atoms with Gasteiger partial charge in [0.1, 0.15) is 0 Å². The van der Waals surface area contributed by atoms with E-state index in [-0.39, 0.29) is 0 Å². The third kappa shape index (κ3) is 3.29. The quantitative estimate of drug-likeness (QED) is 0.882. The maximum Gasteiger partial charge on any atom is 0.0409 e. The van der Waals surface area contributed by atoms with Crippen molar-refractivity contribution in [2.45, 2.75) is 19.4 Å². The van der Waals surface area contributed by atoms with Crippen LogP contribution < -0.4 is 5.32 Å². The van der Waals surface area contributed by atoms with E-state index in [9.17, 15) is 0 Å². The Balaban J connectivity index is 2.81. The fourth-order valence-electron chi connectivity index (χ4n) is 1.13. The van der Waals surface area contributed by atoms with E-state index < -0.39 is 0 Å². The van der Waals surface area contributed by atoms with E-state index in [0.29, 0.717) is 6.04 Å². The molecule has 0 spiro atoms. The molecular weight excluding hydrogens is 249 g/mol. The van der Waals surface area contributed by atoms with Crippen LogP contribution in [0, 0.1) is 0 Å². The van der Waals surface area contributed by atoms with Crippen LogP contribution in [-0.2, 0) is 6.42 Å². The van der Waals surface area contributed by atoms with Gasteiger partial charge in [0.25, 0.3) is 0 Å². The molecule has 0 saturated heterocycles. The second kappa shape index (κ2) is 4.99. The van der Waals surface area contributed by atoms with Gasteiger partial charge in [-0.05, 0) is 44.2 Å². The highest BCUT2D eigenvalue weighted by atomic mass is 79.9. The Hall–Kier alpha value is -0.0500. The summed E-state index contributed by atoms with van der Waals surface area (Å²) >= 11 is 9.40. The summed E-state index contributed by atoms with van der Waals surface area (Å²) in [6.45, 7) is 2.15. The minimum Gasteiger partial charge on any atom is -0.317 e. The Morgan fingerprint density at radius 2 is 2.23 bits per heavy atom. The molecule has 0 aromatic heterocycles. The smallest absolute Gasteiger partial charge is 0.0409 e. The van der Waals surface area contributed by atoms with Crippen LogP contribution in [0.3, 0.4) is 0 Å². The Morgan fingerprint density at radius 1 is 1.54 bits per heavy atom. The Bertz CT molecular complexity index is 288. The number of halogens is 2. The molecule has 72 valence electrons. The molecule has 1 N–H and O–H groups in total. The van der Waals surface area contributed by atoms with Gasteiger partial charge >= 0.3 is 0 Å². The van der Waals surface area contributed by atoms with Crippen LogP contribution in [0.25, 0.3) is 0 Å². The number of rotatable bonds is 3. The van der Waals surface area contributed by atoms with Crippen molar-refractivity contribution in [3.63, 3.8) is 0 Å². The molecule has 0 aliphatic heterocycles. The molecule has 1 rings (SSSR count). The highest BCUT2D eigenvalue weighted by Gasteiger charge is 2.04. The number of hydrogen-bond acceptors (Lipinski definition) is 1. The molecule has 1 nitrogen and oxygen atoms in total. The third-order valence-electron chi connectivity index (χ3n) is 2.03. The molecule has 0 fully saturated rings. The van der Waals surface area contributed by atoms with Crippen molar-refractivity contribution in [1.82, 2.24) is 5.32 Å². The normalized spacial score (nSPS) is 12.9. The topological polar surface area (TPSA) is 12.0 Å². The fourth-order valence-corrected chi connectivity index (χ4v) is 1.73. The minimum atomic E-state index is 0.467. The molecule has 13 heavy (non-hydrogen) atoms. The first-order chi connectivity index (χ1) is 6.13. The molecule has 0 aliphatic rings. The molecule has 3 heteroatoms. The summed E-state index contributed by atoms with van der Waals surface area (Å²) in [6.07, 6.45) is 0.984. The summed E-state index contributed by atoms with van der Waals surface area (Å²) in [7, 11) is 1.96. The van der Waals surface area contributed by atoms with Crippen LogP contribution in [0.1, 0.15) is 12.5 Å². The van der Waals surface area contributed by atoms with E-state index in [1.807, 2.05) is 25.2 Å². The van der Waals surface area contributed by atoms with E-state index >= 15 is 0 Å². The first kappa shape index (κ1) is 11.0. The summed E-state index contributed by atoms with van der Waals surface area (Å²) in [5, 5.41) is 3.99. The standard InChI is InChI=1S/C10H13BrClN/c1-7(13-2)5-8-6-9(12)3-4-10(8)11/h3-4,6-7,13H,5H2,1-2H3. The first-order valence-corrected chi connectivity index (χ1v) is 5.41. The van der Waals surface area contributed by atoms with Crippen molar-refractivity contribution in [2.75, 3.05) is 7.05 Å². The minimum absolute atomic E-state index is 0.467. The van der Waals surface area contributed by atoms with Crippen LogP contribution in [-0.4, -0.2) is 13.1 Å². The highest BCUT2D eigenvalue weighted by molar-refractivity contribution is 9.10. The van der Waals surface area contributed by atoms with Crippen molar-refractivity contribution in [3.05, 3.63) is 33.3 Å². The number of benzene rings is 1. The predicted octanol–water partition coefficient (Wildman–Crippen LogP) is 3.25. The lowest BCUT2D eigenvalue weighted by Crippen LogP contribution is -2.23. The van der Waals surface area contributed by atoms with Crippen molar-refractivity contribution < 1.29 is 0 Å². The van der Waals surface area contributed by atoms with Gasteiger partial charge in [0.2, 0.25) is 0 Å². The number of nitrogens with one attached hydrogen (secondary N) is 1. The number of likely N-dealkylation sites (N-methyl/N-ethyl adjacent to an activating group) is 1. The maximum atomic E-state index is 5.90. The Kier molecular flexibility index (Phi) is 4.23. The maximum absolute atomic E-state index is 5.90. The molecule has 1 unspecified atom stereocenters. The van der Waals surface area contributed by atoms with Gasteiger partial charge in [-0.15, -0.1) is 0 Å². The van der Waals surface area contributed by atoms with Crippen molar-refractivity contribution in [3.8, 4) is 0 Å². The van der Waals surface area contributed by atoms with Gasteiger partial charge < -0.3 is 5.32 Å². The molecule has 0 heterocycles. The lowest BCUT2D eigenvalue weighted by molar-refractivity contribution is 0.607. The number of hydrogen-bond donors (Lipinski definition) is 1. The van der Waals surface area contributed by atoms with E-state index in [4.69, 9.17) is 11.6 Å². The average Bonchev–Trinajstić information content (AvgIpc) is 2.11. The molecule has 0 bridgehead atoms. The lowest BCUT2D eigenvalue weighted by atomic mass is 10.1. The fraction of sp³-hybridized carbons (Fsp3) is 0.400. The molecule has 0 aliphatic carbocycles. The second-order valence-corrected chi connectivity index (χ2v) is 4.42. The van der Waals surface area contributed by atoms with Gasteiger partial charge in [0.15, 0.2) is 0 Å². The molecule has 0 saturated carbocycles. The third-order valence-corrected chi connectivity index (χ3v) is 3.04. The molecule has 1 aromatic carbocycles. The largest absolute Gasteiger partial charge is 0.317 e. The van der Waals surface area contributed by atoms with Crippen LogP contribution in [0.5, 0.6) is 0 Å². The van der Waals surface area contributed by atoms with Crippen molar-refractivity contribution >= 4 is 27.5 Å². The van der Waals surface area contributed by atoms with Gasteiger partial charge in [-0.25, -0.2) is 0 Å². The van der Waals surface area contributed by atoms with Crippen LogP contribution in [0.15, 0.2) is 22.7 Å². The molecule has 1 atom stereocenters. The van der Waals surface area contributed by atoms with Crippen LogP contribution >= 0.6 is 27.5 Å². The van der Waals surface area contributed by atoms with Gasteiger partial charge in [-0.3, -0.25) is 0 Å². The van der Waals surface area contributed by atoms with E-state index in [0.717, 1.165) is 15.9 Å². The van der Waals surface area contributed by atoms with Crippen molar-refractivity contribution in [2.24, 2.45) is 0 Å². The van der Waals surface area contributed by atoms with Crippen LogP contribution in [0.2, 0.25) is 5.02 Å². The van der Waals surface area contributed by atoms with Gasteiger partial charge in [-0.2, -0.15) is 0 Å². The molecule has 0 amide bonds. The summed E-state index contributed by atoms with van der Waals surface area (Å²) < 4.78 is 1.12. The molecule has 0 radical (unpaired) electrons. The zero-order chi connectivity index (χ0) is 9.84. The molecule has 1 aromatic rings. The van der Waals surface area contributed by atoms with Crippen LogP contribution in [0.4, 0.5) is 0 Å². The SMILES string of the molecule is CNC(C)Cc1cc(Cl)ccc1Br. The zero-order valence-electron chi connectivity index (χ0n) is 7.77. The highest BCUT2D eigenvalue weighted by Crippen LogP contribution is 2.22. The summed E-state index contributed by atoms with van der Waals surface area (Å²) in [6, 6.07) is 6.34. The summed E-state index contributed by atoms with van der Waals surface area (Å²) in [5.41, 5.74) is 1.24. The van der Waals surface area contributed by atoms with E-state index in [1.165, 1.54) is 5.56 Å². The first-order valence-electron chi connectivity index (χ1n) is 4.24. The lowest BCUT2D eigenvalue weighted by Gasteiger charge is -2.11. The average molecular weight is 263 g/mol. The van der Waals surface area contributed by atoms with Crippen molar-refractivity contribution in [1.29, 1.82) is 0 Å². The zero-order valence-corrected chi connectivity index (χ0v) is 10.1. The predicted molar refractivity (Wildman–Crippen MR) is 61.4 cm³/mol. The second-order valence-electron chi connectivity index (χ2n) is 3.13. The van der Waals surface area contributed by atoms with Gasteiger partial charge in [0.05, 0.1) is 0 Å². The Labute approximate surface area is 92.6 Å². The molecular formula is C10H13BrClN. The summed E-state index contributed by atoms with van der Waals surface area (Å²) in [5.74, 6) is 0. The monoisotopic (exact) mass is 261 g/mol. The van der Waals surface area contributed by atoms with E-state index in [2.05, 4.69) is 28.2 Å². The Morgan fingerprint density at radius 3 is 2.85 bits per heavy atom. The summed E-state index contributed by atoms with van der Waals surface area (Å²) in [4.78, 5) is 0.